The second kappa shape index (κ2) is 5.01. The molecule has 2 aromatic rings. The summed E-state index contributed by atoms with van der Waals surface area (Å²) >= 11 is 0. The minimum absolute atomic E-state index is 0.401. The zero-order chi connectivity index (χ0) is 12.3. The third-order valence-electron chi connectivity index (χ3n) is 2.78. The number of methoxy groups -OCH3 is 1. The molecule has 0 spiro atoms. The van der Waals surface area contributed by atoms with Gasteiger partial charge >= 0.3 is 0 Å². The van der Waals surface area contributed by atoms with E-state index in [1.165, 1.54) is 5.56 Å². The van der Waals surface area contributed by atoms with E-state index in [2.05, 4.69) is 18.1 Å². The molecule has 0 unspecified atom stereocenters. The van der Waals surface area contributed by atoms with Crippen LogP contribution in [0, 0.1) is 0 Å². The fourth-order valence-corrected chi connectivity index (χ4v) is 1.78. The molecule has 1 aromatic carbocycles. The lowest BCUT2D eigenvalue weighted by molar-refractivity contribution is 0.405. The van der Waals surface area contributed by atoms with E-state index >= 15 is 0 Å². The van der Waals surface area contributed by atoms with Gasteiger partial charge in [-0.3, -0.25) is 0 Å². The molecule has 0 bridgehead atoms. The molecule has 17 heavy (non-hydrogen) atoms. The summed E-state index contributed by atoms with van der Waals surface area (Å²) in [6.45, 7) is 2.51. The Morgan fingerprint density at radius 2 is 2.24 bits per heavy atom. The first-order chi connectivity index (χ1) is 8.30. The van der Waals surface area contributed by atoms with Crippen molar-refractivity contribution in [2.24, 2.45) is 5.73 Å². The highest BCUT2D eigenvalue weighted by Crippen LogP contribution is 2.33. The summed E-state index contributed by atoms with van der Waals surface area (Å²) in [5.41, 5.74) is 8.67. The number of nitrogens with two attached hydrogens (primary N) is 1. The molecule has 4 nitrogen and oxygen atoms in total. The van der Waals surface area contributed by atoms with E-state index in [0.29, 0.717) is 12.3 Å². The van der Waals surface area contributed by atoms with Crippen LogP contribution in [0.5, 0.6) is 5.75 Å². The lowest BCUT2D eigenvalue weighted by Crippen LogP contribution is -1.97. The molecule has 0 aliphatic rings. The molecule has 1 heterocycles. The Hall–Kier alpha value is -1.81. The van der Waals surface area contributed by atoms with Crippen LogP contribution >= 0.6 is 0 Å². The van der Waals surface area contributed by atoms with Crippen LogP contribution in [0.4, 0.5) is 0 Å². The van der Waals surface area contributed by atoms with E-state index in [1.807, 2.05) is 12.1 Å². The molecule has 0 atom stereocenters. The molecule has 0 aliphatic carbocycles. The van der Waals surface area contributed by atoms with Gasteiger partial charge in [0.05, 0.1) is 18.9 Å². The van der Waals surface area contributed by atoms with Crippen molar-refractivity contribution >= 4 is 0 Å². The van der Waals surface area contributed by atoms with Gasteiger partial charge in [0.2, 0.25) is 0 Å². The zero-order valence-corrected chi connectivity index (χ0v) is 10.1. The molecule has 90 valence electrons. The van der Waals surface area contributed by atoms with Gasteiger partial charge in [-0.2, -0.15) is 0 Å². The molecule has 0 fully saturated rings. The third kappa shape index (κ3) is 2.17. The first-order valence-electron chi connectivity index (χ1n) is 5.61. The van der Waals surface area contributed by atoms with E-state index in [1.54, 1.807) is 13.3 Å². The molecular weight excluding hydrogens is 216 g/mol. The highest BCUT2D eigenvalue weighted by molar-refractivity contribution is 5.69. The number of ether oxygens (including phenoxy) is 1. The van der Waals surface area contributed by atoms with Gasteiger partial charge < -0.3 is 15.0 Å². The van der Waals surface area contributed by atoms with Gasteiger partial charge in [-0.05, 0) is 24.1 Å². The topological polar surface area (TPSA) is 61.3 Å². The number of benzene rings is 1. The fourth-order valence-electron chi connectivity index (χ4n) is 1.78. The Balaban J connectivity index is 2.56. The van der Waals surface area contributed by atoms with Gasteiger partial charge in [0.1, 0.15) is 5.75 Å². The second-order valence-corrected chi connectivity index (χ2v) is 3.77. The third-order valence-corrected chi connectivity index (χ3v) is 2.78. The van der Waals surface area contributed by atoms with Crippen molar-refractivity contribution in [1.82, 2.24) is 5.16 Å². The van der Waals surface area contributed by atoms with Gasteiger partial charge in [-0.15, -0.1) is 0 Å². The van der Waals surface area contributed by atoms with E-state index in [4.69, 9.17) is 15.0 Å². The SMILES string of the molecule is CCc1ccc(OC)c(-c2oncc2CN)c1. The lowest BCUT2D eigenvalue weighted by atomic mass is 10.0. The van der Waals surface area contributed by atoms with E-state index in [9.17, 15) is 0 Å². The van der Waals surface area contributed by atoms with E-state index in [0.717, 1.165) is 23.3 Å². The predicted molar refractivity (Wildman–Crippen MR) is 65.8 cm³/mol. The maximum absolute atomic E-state index is 5.65. The van der Waals surface area contributed by atoms with Crippen LogP contribution in [0.2, 0.25) is 0 Å². The largest absolute Gasteiger partial charge is 0.496 e. The van der Waals surface area contributed by atoms with E-state index in [-0.39, 0.29) is 0 Å². The Morgan fingerprint density at radius 3 is 2.88 bits per heavy atom. The van der Waals surface area contributed by atoms with Gasteiger partial charge in [-0.1, -0.05) is 18.1 Å². The van der Waals surface area contributed by atoms with Gasteiger partial charge in [0.25, 0.3) is 0 Å². The van der Waals surface area contributed by atoms with Crippen molar-refractivity contribution in [2.45, 2.75) is 19.9 Å². The maximum atomic E-state index is 5.65. The van der Waals surface area contributed by atoms with Crippen LogP contribution in [0.1, 0.15) is 18.1 Å². The van der Waals surface area contributed by atoms with Gasteiger partial charge in [0.15, 0.2) is 5.76 Å². The molecule has 0 aliphatic heterocycles. The molecule has 0 saturated heterocycles. The van der Waals surface area contributed by atoms with Gasteiger partial charge in [0, 0.05) is 12.1 Å². The predicted octanol–water partition coefficient (Wildman–Crippen LogP) is 2.37. The molecule has 0 saturated carbocycles. The Labute approximate surface area is 100 Å². The zero-order valence-electron chi connectivity index (χ0n) is 10.1. The number of nitrogens with zero attached hydrogens (tertiary/aromatic N) is 1. The second-order valence-electron chi connectivity index (χ2n) is 3.77. The smallest absolute Gasteiger partial charge is 0.175 e. The Bertz CT molecular complexity index is 506. The summed E-state index contributed by atoms with van der Waals surface area (Å²) in [6.07, 6.45) is 2.61. The van der Waals surface area contributed by atoms with Crippen molar-refractivity contribution in [3.63, 3.8) is 0 Å². The minimum atomic E-state index is 0.401. The summed E-state index contributed by atoms with van der Waals surface area (Å²) in [5.74, 6) is 1.47. The maximum Gasteiger partial charge on any atom is 0.175 e. The summed E-state index contributed by atoms with van der Waals surface area (Å²) in [7, 11) is 1.64. The number of hydrogen-bond donors (Lipinski definition) is 1. The molecule has 1 aromatic heterocycles. The van der Waals surface area contributed by atoms with Crippen LogP contribution in [-0.4, -0.2) is 12.3 Å². The highest BCUT2D eigenvalue weighted by atomic mass is 16.5. The van der Waals surface area contributed by atoms with E-state index < -0.39 is 0 Å². The quantitative estimate of drug-likeness (QED) is 0.879. The number of hydrogen-bond acceptors (Lipinski definition) is 4. The van der Waals surface area contributed by atoms with Crippen molar-refractivity contribution < 1.29 is 9.26 Å². The molecule has 2 N–H and O–H groups in total. The van der Waals surface area contributed by atoms with Crippen molar-refractivity contribution in [3.8, 4) is 17.1 Å². The van der Waals surface area contributed by atoms with Crippen molar-refractivity contribution in [2.75, 3.05) is 7.11 Å². The van der Waals surface area contributed by atoms with Crippen LogP contribution in [-0.2, 0) is 13.0 Å². The fraction of sp³-hybridized carbons (Fsp3) is 0.308. The molecule has 4 heteroatoms. The average Bonchev–Trinajstić information content (AvgIpc) is 2.86. The number of aryl methyl sites for hydroxylation is 1. The summed E-state index contributed by atoms with van der Waals surface area (Å²) in [5, 5.41) is 3.79. The summed E-state index contributed by atoms with van der Waals surface area (Å²) in [4.78, 5) is 0. The Morgan fingerprint density at radius 1 is 1.41 bits per heavy atom. The number of rotatable bonds is 4. The minimum Gasteiger partial charge on any atom is -0.496 e. The van der Waals surface area contributed by atoms with Crippen molar-refractivity contribution in [1.29, 1.82) is 0 Å². The molecule has 0 radical (unpaired) electrons. The monoisotopic (exact) mass is 232 g/mol. The molecular formula is C13H16N2O2. The lowest BCUT2D eigenvalue weighted by Gasteiger charge is -2.08. The standard InChI is InChI=1S/C13H16N2O2/c1-3-9-4-5-12(16-2)11(6-9)13-10(7-14)8-15-17-13/h4-6,8H,3,7,14H2,1-2H3. The summed E-state index contributed by atoms with van der Waals surface area (Å²) in [6, 6.07) is 6.04. The normalized spacial score (nSPS) is 10.5. The van der Waals surface area contributed by atoms with Crippen LogP contribution < -0.4 is 10.5 Å². The van der Waals surface area contributed by atoms with Crippen LogP contribution in [0.15, 0.2) is 28.9 Å². The first kappa shape index (κ1) is 11.7. The summed E-state index contributed by atoms with van der Waals surface area (Å²) < 4.78 is 10.6. The van der Waals surface area contributed by atoms with Crippen LogP contribution in [0.25, 0.3) is 11.3 Å². The van der Waals surface area contributed by atoms with Gasteiger partial charge in [-0.25, -0.2) is 0 Å². The Kier molecular flexibility index (Phi) is 3.44. The van der Waals surface area contributed by atoms with Crippen molar-refractivity contribution in [3.05, 3.63) is 35.5 Å². The highest BCUT2D eigenvalue weighted by Gasteiger charge is 2.14. The van der Waals surface area contributed by atoms with Crippen LogP contribution in [0.3, 0.4) is 0 Å². The number of aromatic nitrogens is 1. The first-order valence-corrected chi connectivity index (χ1v) is 5.61. The molecule has 2 rings (SSSR count). The average molecular weight is 232 g/mol. The molecule has 0 amide bonds.